The maximum Gasteiger partial charge on any atom is 0.0481 e. The van der Waals surface area contributed by atoms with E-state index in [1.165, 1.54) is 37.8 Å². The monoisotopic (exact) mass is 208 g/mol. The van der Waals surface area contributed by atoms with Gasteiger partial charge in [0.1, 0.15) is 0 Å². The Morgan fingerprint density at radius 2 is 2.07 bits per heavy atom. The summed E-state index contributed by atoms with van der Waals surface area (Å²) < 4.78 is 0. The zero-order valence-corrected chi connectivity index (χ0v) is 10.1. The van der Waals surface area contributed by atoms with Crippen LogP contribution in [-0.2, 0) is 0 Å². The lowest BCUT2D eigenvalue weighted by atomic mass is 9.89. The van der Waals surface area contributed by atoms with Gasteiger partial charge in [-0.25, -0.2) is 0 Å². The molecule has 0 aromatic carbocycles. The van der Waals surface area contributed by atoms with Gasteiger partial charge in [-0.1, -0.05) is 32.3 Å². The minimum atomic E-state index is 0.879. The molecule has 0 spiro atoms. The summed E-state index contributed by atoms with van der Waals surface area (Å²) in [5, 5.41) is 3.50. The molecule has 0 radical (unpaired) electrons. The quantitative estimate of drug-likeness (QED) is 0.690. The summed E-state index contributed by atoms with van der Waals surface area (Å²) in [6.07, 6.45) is 12.3. The second-order valence-corrected chi connectivity index (χ2v) is 4.34. The number of aliphatic imine (C=N–C) groups is 1. The van der Waals surface area contributed by atoms with Crippen molar-refractivity contribution in [2.24, 2.45) is 10.9 Å². The van der Waals surface area contributed by atoms with Gasteiger partial charge in [0.05, 0.1) is 0 Å². The molecule has 1 fully saturated rings. The third-order valence-corrected chi connectivity index (χ3v) is 3.01. The summed E-state index contributed by atoms with van der Waals surface area (Å²) in [6, 6.07) is 0. The predicted molar refractivity (Wildman–Crippen MR) is 67.4 cm³/mol. The molecule has 15 heavy (non-hydrogen) atoms. The van der Waals surface area contributed by atoms with E-state index >= 15 is 0 Å². The lowest BCUT2D eigenvalue weighted by Gasteiger charge is -2.22. The zero-order valence-electron chi connectivity index (χ0n) is 10.1. The molecule has 0 heterocycles. The average molecular weight is 208 g/mol. The van der Waals surface area contributed by atoms with E-state index in [4.69, 9.17) is 0 Å². The first-order valence-corrected chi connectivity index (χ1v) is 6.23. The van der Waals surface area contributed by atoms with Gasteiger partial charge in [0, 0.05) is 25.5 Å². The van der Waals surface area contributed by atoms with Gasteiger partial charge in [-0.2, -0.15) is 0 Å². The molecule has 0 bridgehead atoms. The fraction of sp³-hybridized carbons (Fsp3) is 0.769. The molecule has 1 rings (SSSR count). The van der Waals surface area contributed by atoms with Crippen LogP contribution in [-0.4, -0.2) is 19.8 Å². The summed E-state index contributed by atoms with van der Waals surface area (Å²) in [7, 11) is 1.83. The first-order chi connectivity index (χ1) is 7.36. The van der Waals surface area contributed by atoms with Crippen molar-refractivity contribution in [3.05, 3.63) is 11.8 Å². The van der Waals surface area contributed by atoms with E-state index in [0.717, 1.165) is 18.9 Å². The van der Waals surface area contributed by atoms with E-state index in [1.54, 1.807) is 0 Å². The smallest absolute Gasteiger partial charge is 0.0481 e. The molecule has 1 N–H and O–H groups in total. The van der Waals surface area contributed by atoms with Crippen LogP contribution in [0.3, 0.4) is 0 Å². The van der Waals surface area contributed by atoms with Crippen LogP contribution in [0.1, 0.15) is 45.4 Å². The van der Waals surface area contributed by atoms with Gasteiger partial charge in [-0.05, 0) is 25.2 Å². The van der Waals surface area contributed by atoms with Crippen LogP contribution >= 0.6 is 0 Å². The molecular weight excluding hydrogens is 184 g/mol. The molecule has 86 valence electrons. The molecule has 2 heteroatoms. The SMILES string of the molecule is CC/C=C(\C=NC)NCC1CCCCC1. The molecule has 0 aromatic rings. The van der Waals surface area contributed by atoms with Crippen molar-refractivity contribution < 1.29 is 0 Å². The van der Waals surface area contributed by atoms with E-state index in [2.05, 4.69) is 23.3 Å². The van der Waals surface area contributed by atoms with E-state index in [1.807, 2.05) is 13.3 Å². The van der Waals surface area contributed by atoms with Gasteiger partial charge in [-0.3, -0.25) is 4.99 Å². The van der Waals surface area contributed by atoms with E-state index < -0.39 is 0 Å². The number of hydrogen-bond donors (Lipinski definition) is 1. The molecule has 1 saturated carbocycles. The summed E-state index contributed by atoms with van der Waals surface area (Å²) in [6.45, 7) is 3.28. The molecule has 1 aliphatic rings. The minimum absolute atomic E-state index is 0.879. The molecule has 0 aromatic heterocycles. The Labute approximate surface area is 93.9 Å². The largest absolute Gasteiger partial charge is 0.384 e. The molecule has 0 amide bonds. The van der Waals surface area contributed by atoms with E-state index in [0.29, 0.717) is 0 Å². The summed E-state index contributed by atoms with van der Waals surface area (Å²) in [5.41, 5.74) is 1.19. The van der Waals surface area contributed by atoms with Gasteiger partial charge in [0.25, 0.3) is 0 Å². The van der Waals surface area contributed by atoms with Gasteiger partial charge < -0.3 is 5.32 Å². The fourth-order valence-corrected chi connectivity index (χ4v) is 2.18. The topological polar surface area (TPSA) is 24.4 Å². The predicted octanol–water partition coefficient (Wildman–Crippen LogP) is 3.15. The Morgan fingerprint density at radius 1 is 1.33 bits per heavy atom. The minimum Gasteiger partial charge on any atom is -0.384 e. The number of nitrogens with one attached hydrogen (secondary N) is 1. The number of nitrogens with zero attached hydrogens (tertiary/aromatic N) is 1. The second-order valence-electron chi connectivity index (χ2n) is 4.34. The highest BCUT2D eigenvalue weighted by molar-refractivity contribution is 5.77. The summed E-state index contributed by atoms with van der Waals surface area (Å²) in [5.74, 6) is 0.879. The zero-order chi connectivity index (χ0) is 10.9. The van der Waals surface area contributed by atoms with Crippen molar-refractivity contribution >= 4 is 6.21 Å². The third-order valence-electron chi connectivity index (χ3n) is 3.01. The van der Waals surface area contributed by atoms with E-state index in [9.17, 15) is 0 Å². The molecule has 0 aliphatic heterocycles. The average Bonchev–Trinajstić information content (AvgIpc) is 2.28. The Morgan fingerprint density at radius 3 is 2.67 bits per heavy atom. The van der Waals surface area contributed by atoms with Crippen molar-refractivity contribution in [3.63, 3.8) is 0 Å². The normalized spacial score (nSPS) is 19.7. The molecule has 2 nitrogen and oxygen atoms in total. The van der Waals surface area contributed by atoms with Gasteiger partial charge in [0.2, 0.25) is 0 Å². The lowest BCUT2D eigenvalue weighted by Crippen LogP contribution is -2.24. The summed E-state index contributed by atoms with van der Waals surface area (Å²) in [4.78, 5) is 4.06. The lowest BCUT2D eigenvalue weighted by molar-refractivity contribution is 0.352. The highest BCUT2D eigenvalue weighted by atomic mass is 14.9. The molecule has 0 unspecified atom stereocenters. The second kappa shape index (κ2) is 7.49. The Balaban J connectivity index is 2.29. The van der Waals surface area contributed by atoms with Crippen LogP contribution in [0.15, 0.2) is 16.8 Å². The fourth-order valence-electron chi connectivity index (χ4n) is 2.18. The van der Waals surface area contributed by atoms with Gasteiger partial charge in [-0.15, -0.1) is 0 Å². The van der Waals surface area contributed by atoms with Crippen LogP contribution in [0.4, 0.5) is 0 Å². The Kier molecular flexibility index (Phi) is 6.14. The van der Waals surface area contributed by atoms with Crippen LogP contribution in [0.2, 0.25) is 0 Å². The molecule has 1 aliphatic carbocycles. The third kappa shape index (κ3) is 5.01. The van der Waals surface area contributed by atoms with Crippen LogP contribution in [0, 0.1) is 5.92 Å². The van der Waals surface area contributed by atoms with Crippen molar-refractivity contribution in [2.75, 3.05) is 13.6 Å². The highest BCUT2D eigenvalue weighted by Crippen LogP contribution is 2.22. The first-order valence-electron chi connectivity index (χ1n) is 6.23. The van der Waals surface area contributed by atoms with Gasteiger partial charge in [0.15, 0.2) is 0 Å². The van der Waals surface area contributed by atoms with Crippen molar-refractivity contribution in [1.29, 1.82) is 0 Å². The highest BCUT2D eigenvalue weighted by Gasteiger charge is 2.12. The van der Waals surface area contributed by atoms with Crippen molar-refractivity contribution in [3.8, 4) is 0 Å². The van der Waals surface area contributed by atoms with Crippen molar-refractivity contribution in [2.45, 2.75) is 45.4 Å². The number of rotatable bonds is 5. The van der Waals surface area contributed by atoms with Gasteiger partial charge >= 0.3 is 0 Å². The molecule has 0 atom stereocenters. The molecular formula is C13H24N2. The number of hydrogen-bond acceptors (Lipinski definition) is 2. The maximum absolute atomic E-state index is 4.06. The van der Waals surface area contributed by atoms with E-state index in [-0.39, 0.29) is 0 Å². The standard InChI is InChI=1S/C13H24N2/c1-3-7-13(11-14-2)15-10-12-8-5-4-6-9-12/h7,11-12,15H,3-6,8-10H2,1-2H3/b13-7+,14-11?. The Bertz CT molecular complexity index is 213. The number of allylic oxidation sites excluding steroid dienone is 2. The molecule has 0 saturated heterocycles. The first kappa shape index (κ1) is 12.3. The Hall–Kier alpha value is -0.790. The van der Waals surface area contributed by atoms with Crippen LogP contribution in [0.25, 0.3) is 0 Å². The van der Waals surface area contributed by atoms with Crippen molar-refractivity contribution in [1.82, 2.24) is 5.32 Å². The summed E-state index contributed by atoms with van der Waals surface area (Å²) >= 11 is 0. The van der Waals surface area contributed by atoms with Crippen LogP contribution in [0.5, 0.6) is 0 Å². The maximum atomic E-state index is 4.06. The van der Waals surface area contributed by atoms with Crippen LogP contribution < -0.4 is 5.32 Å².